The van der Waals surface area contributed by atoms with Crippen LogP contribution in [-0.2, 0) is 6.54 Å². The Hall–Kier alpha value is -0.980. The molecule has 0 fully saturated rings. The van der Waals surface area contributed by atoms with E-state index in [0.717, 1.165) is 18.1 Å². The highest BCUT2D eigenvalue weighted by atomic mass is 127. The lowest BCUT2D eigenvalue weighted by atomic mass is 10.1. The fourth-order valence-corrected chi connectivity index (χ4v) is 1.43. The summed E-state index contributed by atoms with van der Waals surface area (Å²) in [7, 11) is 0. The zero-order chi connectivity index (χ0) is 13.6. The van der Waals surface area contributed by atoms with Crippen LogP contribution in [0.1, 0.15) is 33.3 Å². The Labute approximate surface area is 132 Å². The van der Waals surface area contributed by atoms with E-state index >= 15 is 0 Å². The molecular weight excluding hydrogens is 353 g/mol. The van der Waals surface area contributed by atoms with E-state index in [1.807, 2.05) is 19.1 Å². The minimum atomic E-state index is -0.0179. The van der Waals surface area contributed by atoms with Crippen molar-refractivity contribution in [2.75, 3.05) is 6.54 Å². The van der Waals surface area contributed by atoms with E-state index in [2.05, 4.69) is 36.4 Å². The van der Waals surface area contributed by atoms with Crippen molar-refractivity contribution in [2.45, 2.75) is 39.8 Å². The summed E-state index contributed by atoms with van der Waals surface area (Å²) in [5.74, 6) is 1.08. The van der Waals surface area contributed by atoms with E-state index in [4.69, 9.17) is 0 Å². The van der Waals surface area contributed by atoms with E-state index in [9.17, 15) is 5.11 Å². The summed E-state index contributed by atoms with van der Waals surface area (Å²) in [5, 5.41) is 15.7. The largest absolute Gasteiger partial charge is 0.508 e. The molecule has 0 aliphatic rings. The molecule has 1 aromatic carbocycles. The van der Waals surface area contributed by atoms with E-state index in [-0.39, 0.29) is 35.3 Å². The first-order valence-corrected chi connectivity index (χ1v) is 6.25. The van der Waals surface area contributed by atoms with Crippen LogP contribution >= 0.6 is 24.0 Å². The van der Waals surface area contributed by atoms with Gasteiger partial charge in [-0.15, -0.1) is 24.0 Å². The zero-order valence-corrected chi connectivity index (χ0v) is 14.4. The third kappa shape index (κ3) is 7.92. The number of guanidine groups is 1. The molecule has 0 heterocycles. The Morgan fingerprint density at radius 1 is 1.21 bits per heavy atom. The second-order valence-electron chi connectivity index (χ2n) is 5.24. The minimum Gasteiger partial charge on any atom is -0.508 e. The standard InChI is InChI=1S/C14H23N3O.HI/c1-5-15-13(17-14(2,3)4)16-10-11-6-8-12(18)9-7-11;/h6-9,18H,5,10H2,1-4H3,(H2,15,16,17);1H. The summed E-state index contributed by atoms with van der Waals surface area (Å²) >= 11 is 0. The Bertz CT molecular complexity index is 396. The molecule has 1 rings (SSSR count). The number of phenols is 1. The molecule has 0 aliphatic heterocycles. The van der Waals surface area contributed by atoms with Gasteiger partial charge in [0.2, 0.25) is 0 Å². The van der Waals surface area contributed by atoms with Crippen molar-refractivity contribution in [3.8, 4) is 5.75 Å². The van der Waals surface area contributed by atoms with Crippen LogP contribution < -0.4 is 10.6 Å². The summed E-state index contributed by atoms with van der Waals surface area (Å²) in [6, 6.07) is 7.10. The van der Waals surface area contributed by atoms with Gasteiger partial charge in [0.1, 0.15) is 5.75 Å². The quantitative estimate of drug-likeness (QED) is 0.431. The lowest BCUT2D eigenvalue weighted by Crippen LogP contribution is -2.47. The first kappa shape index (κ1) is 18.0. The molecule has 0 radical (unpaired) electrons. The average molecular weight is 377 g/mol. The van der Waals surface area contributed by atoms with Gasteiger partial charge in [-0.3, -0.25) is 0 Å². The van der Waals surface area contributed by atoms with Gasteiger partial charge < -0.3 is 15.7 Å². The average Bonchev–Trinajstić information content (AvgIpc) is 2.26. The summed E-state index contributed by atoms with van der Waals surface area (Å²) < 4.78 is 0. The summed E-state index contributed by atoms with van der Waals surface area (Å²) in [5.41, 5.74) is 1.05. The number of nitrogens with zero attached hydrogens (tertiary/aromatic N) is 1. The van der Waals surface area contributed by atoms with Gasteiger partial charge in [0.05, 0.1) is 6.54 Å². The van der Waals surface area contributed by atoms with Gasteiger partial charge >= 0.3 is 0 Å². The van der Waals surface area contributed by atoms with Crippen molar-refractivity contribution in [2.24, 2.45) is 4.99 Å². The van der Waals surface area contributed by atoms with Crippen molar-refractivity contribution < 1.29 is 5.11 Å². The molecule has 1 aromatic rings. The molecule has 5 heteroatoms. The van der Waals surface area contributed by atoms with Crippen LogP contribution in [0.2, 0.25) is 0 Å². The maximum Gasteiger partial charge on any atom is 0.191 e. The van der Waals surface area contributed by atoms with Gasteiger partial charge in [-0.05, 0) is 45.4 Å². The number of halogens is 1. The molecule has 0 spiro atoms. The van der Waals surface area contributed by atoms with Gasteiger partial charge in [-0.2, -0.15) is 0 Å². The highest BCUT2D eigenvalue weighted by molar-refractivity contribution is 14.0. The maximum atomic E-state index is 9.21. The fourth-order valence-electron chi connectivity index (χ4n) is 1.43. The predicted molar refractivity (Wildman–Crippen MR) is 91.2 cm³/mol. The summed E-state index contributed by atoms with van der Waals surface area (Å²) in [6.45, 7) is 9.75. The van der Waals surface area contributed by atoms with Gasteiger partial charge in [-0.25, -0.2) is 4.99 Å². The smallest absolute Gasteiger partial charge is 0.191 e. The fraction of sp³-hybridized carbons (Fsp3) is 0.500. The molecule has 108 valence electrons. The molecule has 0 unspecified atom stereocenters. The van der Waals surface area contributed by atoms with Crippen molar-refractivity contribution in [1.29, 1.82) is 0 Å². The van der Waals surface area contributed by atoms with Gasteiger partial charge in [-0.1, -0.05) is 12.1 Å². The molecular formula is C14H24IN3O. The highest BCUT2D eigenvalue weighted by Crippen LogP contribution is 2.10. The van der Waals surface area contributed by atoms with Crippen molar-refractivity contribution in [1.82, 2.24) is 10.6 Å². The van der Waals surface area contributed by atoms with Gasteiger partial charge in [0, 0.05) is 12.1 Å². The topological polar surface area (TPSA) is 56.7 Å². The van der Waals surface area contributed by atoms with Crippen LogP contribution in [0.25, 0.3) is 0 Å². The number of benzene rings is 1. The van der Waals surface area contributed by atoms with Crippen molar-refractivity contribution in [3.63, 3.8) is 0 Å². The summed E-state index contributed by atoms with van der Waals surface area (Å²) in [4.78, 5) is 4.51. The number of rotatable bonds is 3. The SMILES string of the molecule is CCNC(=NCc1ccc(O)cc1)NC(C)(C)C.I. The van der Waals surface area contributed by atoms with Crippen molar-refractivity contribution in [3.05, 3.63) is 29.8 Å². The Morgan fingerprint density at radius 3 is 2.26 bits per heavy atom. The van der Waals surface area contributed by atoms with Crippen LogP contribution in [0.5, 0.6) is 5.75 Å². The second-order valence-corrected chi connectivity index (χ2v) is 5.24. The monoisotopic (exact) mass is 377 g/mol. The lowest BCUT2D eigenvalue weighted by Gasteiger charge is -2.23. The molecule has 0 aromatic heterocycles. The summed E-state index contributed by atoms with van der Waals surface area (Å²) in [6.07, 6.45) is 0. The molecule has 0 bridgehead atoms. The molecule has 0 aliphatic carbocycles. The molecule has 0 amide bonds. The molecule has 4 nitrogen and oxygen atoms in total. The normalized spacial score (nSPS) is 11.7. The van der Waals surface area contributed by atoms with Crippen molar-refractivity contribution >= 4 is 29.9 Å². The van der Waals surface area contributed by atoms with Crippen LogP contribution in [0.4, 0.5) is 0 Å². The molecule has 0 atom stereocenters. The van der Waals surface area contributed by atoms with E-state index in [0.29, 0.717) is 6.54 Å². The second kappa shape index (κ2) is 8.24. The Kier molecular flexibility index (Phi) is 7.82. The minimum absolute atomic E-state index is 0. The van der Waals surface area contributed by atoms with Gasteiger partial charge in [0.15, 0.2) is 5.96 Å². The Balaban J connectivity index is 0.00000324. The number of aliphatic imine (C=N–C) groups is 1. The predicted octanol–water partition coefficient (Wildman–Crippen LogP) is 2.86. The number of aromatic hydroxyl groups is 1. The van der Waals surface area contributed by atoms with Crippen LogP contribution in [0, 0.1) is 0 Å². The van der Waals surface area contributed by atoms with E-state index < -0.39 is 0 Å². The van der Waals surface area contributed by atoms with E-state index in [1.54, 1.807) is 12.1 Å². The highest BCUT2D eigenvalue weighted by Gasteiger charge is 2.11. The van der Waals surface area contributed by atoms with Crippen LogP contribution in [-0.4, -0.2) is 23.1 Å². The molecule has 3 N–H and O–H groups in total. The molecule has 19 heavy (non-hydrogen) atoms. The molecule has 0 saturated carbocycles. The first-order chi connectivity index (χ1) is 8.40. The third-order valence-electron chi connectivity index (χ3n) is 2.19. The van der Waals surface area contributed by atoms with Crippen LogP contribution in [0.3, 0.4) is 0 Å². The zero-order valence-electron chi connectivity index (χ0n) is 12.0. The number of hydrogen-bond acceptors (Lipinski definition) is 2. The number of hydrogen-bond donors (Lipinski definition) is 3. The van der Waals surface area contributed by atoms with Gasteiger partial charge in [0.25, 0.3) is 0 Å². The molecule has 0 saturated heterocycles. The lowest BCUT2D eigenvalue weighted by molar-refractivity contribution is 0.475. The number of phenolic OH excluding ortho intramolecular Hbond substituents is 1. The maximum absolute atomic E-state index is 9.21. The Morgan fingerprint density at radius 2 is 1.79 bits per heavy atom. The third-order valence-corrected chi connectivity index (χ3v) is 2.19. The van der Waals surface area contributed by atoms with Crippen LogP contribution in [0.15, 0.2) is 29.3 Å². The first-order valence-electron chi connectivity index (χ1n) is 6.25. The van der Waals surface area contributed by atoms with E-state index in [1.165, 1.54) is 0 Å². The number of nitrogens with one attached hydrogen (secondary N) is 2.